The summed E-state index contributed by atoms with van der Waals surface area (Å²) in [6.07, 6.45) is 4.85. The van der Waals surface area contributed by atoms with Crippen molar-refractivity contribution in [3.8, 4) is 22.5 Å². The Morgan fingerprint density at radius 1 is 1.10 bits per heavy atom. The lowest BCUT2D eigenvalue weighted by Crippen LogP contribution is -2.08. The molecule has 0 fully saturated rings. The Hall–Kier alpha value is -4.07. The summed E-state index contributed by atoms with van der Waals surface area (Å²) in [5, 5.41) is 4.16. The minimum absolute atomic E-state index is 0.196. The van der Waals surface area contributed by atoms with Crippen molar-refractivity contribution >= 4 is 28.3 Å². The minimum Gasteiger partial charge on any atom is -0.383 e. The fourth-order valence-electron chi connectivity index (χ4n) is 3.16. The lowest BCUT2D eigenvalue weighted by Gasteiger charge is -2.11. The van der Waals surface area contributed by atoms with Gasteiger partial charge in [0.1, 0.15) is 11.6 Å². The van der Waals surface area contributed by atoms with Crippen LogP contribution in [-0.4, -0.2) is 25.8 Å². The number of aromatic nitrogens is 4. The summed E-state index contributed by atoms with van der Waals surface area (Å²) in [5.74, 6) is 0.572. The van der Waals surface area contributed by atoms with Gasteiger partial charge in [-0.25, -0.2) is 9.97 Å². The maximum Gasteiger partial charge on any atom is 0.257 e. The van der Waals surface area contributed by atoms with Crippen LogP contribution in [0.2, 0.25) is 0 Å². The van der Waals surface area contributed by atoms with Crippen LogP contribution in [0.4, 0.5) is 11.6 Å². The van der Waals surface area contributed by atoms with Crippen molar-refractivity contribution in [2.45, 2.75) is 13.8 Å². The van der Waals surface area contributed by atoms with Crippen molar-refractivity contribution < 1.29 is 4.79 Å². The summed E-state index contributed by atoms with van der Waals surface area (Å²) in [7, 11) is 0. The first kappa shape index (κ1) is 18.3. The van der Waals surface area contributed by atoms with Gasteiger partial charge in [0, 0.05) is 36.5 Å². The first-order chi connectivity index (χ1) is 13.9. The van der Waals surface area contributed by atoms with E-state index in [4.69, 9.17) is 5.73 Å². The van der Waals surface area contributed by atoms with E-state index in [0.717, 1.165) is 16.5 Å². The van der Waals surface area contributed by atoms with Crippen LogP contribution in [0.5, 0.6) is 0 Å². The number of carbonyl (C=O) groups is 1. The van der Waals surface area contributed by atoms with E-state index in [1.807, 2.05) is 19.1 Å². The highest BCUT2D eigenvalue weighted by molar-refractivity contribution is 5.96. The number of rotatable bonds is 3. The fourth-order valence-corrected chi connectivity index (χ4v) is 3.16. The summed E-state index contributed by atoms with van der Waals surface area (Å²) in [4.78, 5) is 39.1. The van der Waals surface area contributed by atoms with Crippen molar-refractivity contribution in [3.63, 3.8) is 0 Å². The molecule has 8 nitrogen and oxygen atoms in total. The van der Waals surface area contributed by atoms with E-state index in [-0.39, 0.29) is 11.5 Å². The molecule has 0 radical (unpaired) electrons. The average molecular weight is 386 g/mol. The van der Waals surface area contributed by atoms with E-state index < -0.39 is 0 Å². The summed E-state index contributed by atoms with van der Waals surface area (Å²) < 4.78 is 0. The van der Waals surface area contributed by atoms with Crippen LogP contribution in [-0.2, 0) is 4.79 Å². The fraction of sp³-hybridized carbons (Fsp3) is 0.0952. The normalized spacial score (nSPS) is 10.8. The quantitative estimate of drug-likeness (QED) is 0.497. The zero-order chi connectivity index (χ0) is 20.5. The molecule has 0 aliphatic heterocycles. The second-order valence-electron chi connectivity index (χ2n) is 6.66. The lowest BCUT2D eigenvalue weighted by atomic mass is 10.0. The Morgan fingerprint density at radius 3 is 2.66 bits per heavy atom. The number of aryl methyl sites for hydroxylation is 1. The number of fused-ring (bicyclic) bond motifs is 1. The average Bonchev–Trinajstić information content (AvgIpc) is 2.67. The molecular formula is C21H18N6O2. The van der Waals surface area contributed by atoms with Gasteiger partial charge in [-0.2, -0.15) is 0 Å². The second kappa shape index (κ2) is 7.16. The molecule has 0 spiro atoms. The smallest absolute Gasteiger partial charge is 0.257 e. The maximum atomic E-state index is 12.0. The van der Waals surface area contributed by atoms with Crippen molar-refractivity contribution in [3.05, 3.63) is 64.8 Å². The van der Waals surface area contributed by atoms with Crippen LogP contribution < -0.4 is 16.6 Å². The molecule has 4 rings (SSSR count). The van der Waals surface area contributed by atoms with E-state index in [1.54, 1.807) is 36.8 Å². The third-order valence-corrected chi connectivity index (χ3v) is 4.53. The molecule has 0 bridgehead atoms. The molecule has 144 valence electrons. The third-order valence-electron chi connectivity index (χ3n) is 4.53. The molecule has 0 aromatic carbocycles. The summed E-state index contributed by atoms with van der Waals surface area (Å²) in [6, 6.07) is 8.95. The molecule has 1 amide bonds. The Morgan fingerprint density at radius 2 is 1.93 bits per heavy atom. The van der Waals surface area contributed by atoms with Crippen LogP contribution in [0.15, 0.2) is 53.7 Å². The van der Waals surface area contributed by atoms with Gasteiger partial charge in [-0.3, -0.25) is 14.6 Å². The number of aromatic amines is 1. The predicted molar refractivity (Wildman–Crippen MR) is 112 cm³/mol. The van der Waals surface area contributed by atoms with E-state index in [2.05, 4.69) is 25.3 Å². The van der Waals surface area contributed by atoms with Gasteiger partial charge in [-0.1, -0.05) is 0 Å². The molecule has 0 atom stereocenters. The molecule has 0 aliphatic carbocycles. The molecule has 0 aliphatic rings. The highest BCUT2D eigenvalue weighted by atomic mass is 16.1. The molecule has 4 heterocycles. The van der Waals surface area contributed by atoms with Crippen LogP contribution in [0.3, 0.4) is 0 Å². The SMILES string of the molecule is CC(=O)Nc1cc2cc(-c3cnc(-c4ccc[nH]c4=O)cc3C)nc(N)c2cn1. The Kier molecular flexibility index (Phi) is 4.52. The van der Waals surface area contributed by atoms with Crippen molar-refractivity contribution in [1.29, 1.82) is 0 Å². The molecule has 0 saturated carbocycles. The van der Waals surface area contributed by atoms with Crippen molar-refractivity contribution in [2.24, 2.45) is 0 Å². The van der Waals surface area contributed by atoms with E-state index in [9.17, 15) is 9.59 Å². The summed E-state index contributed by atoms with van der Waals surface area (Å²) >= 11 is 0. The number of H-pyrrole nitrogens is 1. The van der Waals surface area contributed by atoms with Gasteiger partial charge in [0.05, 0.1) is 17.0 Å². The largest absolute Gasteiger partial charge is 0.383 e. The van der Waals surface area contributed by atoms with Crippen molar-refractivity contribution in [2.75, 3.05) is 11.1 Å². The zero-order valence-electron chi connectivity index (χ0n) is 15.9. The minimum atomic E-state index is -0.203. The molecule has 0 saturated heterocycles. The van der Waals surface area contributed by atoms with Crippen LogP contribution in [0.25, 0.3) is 33.3 Å². The van der Waals surface area contributed by atoms with Gasteiger partial charge < -0.3 is 16.0 Å². The number of anilines is 2. The lowest BCUT2D eigenvalue weighted by molar-refractivity contribution is -0.114. The number of nitrogens with two attached hydrogens (primary N) is 1. The first-order valence-electron chi connectivity index (χ1n) is 8.91. The number of nitrogens with zero attached hydrogens (tertiary/aromatic N) is 3. The van der Waals surface area contributed by atoms with Crippen LogP contribution in [0, 0.1) is 6.92 Å². The van der Waals surface area contributed by atoms with Gasteiger partial charge >= 0.3 is 0 Å². The summed E-state index contributed by atoms with van der Waals surface area (Å²) in [5.41, 5.74) is 9.37. The highest BCUT2D eigenvalue weighted by Gasteiger charge is 2.12. The number of nitrogen functional groups attached to an aromatic ring is 1. The summed E-state index contributed by atoms with van der Waals surface area (Å²) in [6.45, 7) is 3.35. The number of nitrogens with one attached hydrogen (secondary N) is 2. The Balaban J connectivity index is 1.80. The van der Waals surface area contributed by atoms with Gasteiger partial charge in [0.25, 0.3) is 5.56 Å². The number of amides is 1. The van der Waals surface area contributed by atoms with E-state index in [0.29, 0.717) is 34.0 Å². The Bertz CT molecular complexity index is 1310. The molecule has 29 heavy (non-hydrogen) atoms. The van der Waals surface area contributed by atoms with Gasteiger partial charge in [0.15, 0.2) is 0 Å². The zero-order valence-corrected chi connectivity index (χ0v) is 15.9. The molecule has 4 aromatic heterocycles. The van der Waals surface area contributed by atoms with Crippen LogP contribution in [0.1, 0.15) is 12.5 Å². The van der Waals surface area contributed by atoms with E-state index in [1.165, 1.54) is 6.92 Å². The predicted octanol–water partition coefficient (Wildman–Crippen LogP) is 2.90. The van der Waals surface area contributed by atoms with Gasteiger partial charge in [-0.15, -0.1) is 0 Å². The number of pyridine rings is 4. The molecule has 8 heteroatoms. The molecule has 0 unspecified atom stereocenters. The Labute approximate surface area is 165 Å². The van der Waals surface area contributed by atoms with Gasteiger partial charge in [-0.05, 0) is 48.2 Å². The number of carbonyl (C=O) groups excluding carboxylic acids is 1. The first-order valence-corrected chi connectivity index (χ1v) is 8.91. The molecular weight excluding hydrogens is 368 g/mol. The topological polar surface area (TPSA) is 127 Å². The molecule has 4 N–H and O–H groups in total. The second-order valence-corrected chi connectivity index (χ2v) is 6.66. The monoisotopic (exact) mass is 386 g/mol. The maximum absolute atomic E-state index is 12.0. The molecule has 4 aromatic rings. The van der Waals surface area contributed by atoms with Crippen LogP contribution >= 0.6 is 0 Å². The number of hydrogen-bond donors (Lipinski definition) is 3. The standard InChI is InChI=1S/C21H18N6O2/c1-11-6-17(14-4-3-5-23-21(14)29)24-9-15(11)18-7-13-8-19(26-12(2)28)25-10-16(13)20(22)27-18/h3-10H,1-2H3,(H2,22,27)(H,23,29)(H,25,26,28). The third kappa shape index (κ3) is 3.55. The highest BCUT2D eigenvalue weighted by Crippen LogP contribution is 2.29. The van der Waals surface area contributed by atoms with Gasteiger partial charge in [0.2, 0.25) is 5.91 Å². The van der Waals surface area contributed by atoms with Crippen molar-refractivity contribution in [1.82, 2.24) is 19.9 Å². The number of hydrogen-bond acceptors (Lipinski definition) is 6. The van der Waals surface area contributed by atoms with E-state index >= 15 is 0 Å².